The van der Waals surface area contributed by atoms with Crippen molar-refractivity contribution in [3.05, 3.63) is 0 Å². The molecule has 1 saturated carbocycles. The first-order chi connectivity index (χ1) is 7.08. The second kappa shape index (κ2) is 5.77. The molecule has 1 rings (SSSR count). The van der Waals surface area contributed by atoms with Gasteiger partial charge in [-0.15, -0.1) is 0 Å². The minimum absolute atomic E-state index is 0.433. The van der Waals surface area contributed by atoms with E-state index < -0.39 is 5.54 Å². The van der Waals surface area contributed by atoms with E-state index in [4.69, 9.17) is 11.0 Å². The van der Waals surface area contributed by atoms with Crippen LogP contribution in [-0.4, -0.2) is 17.0 Å². The van der Waals surface area contributed by atoms with Gasteiger partial charge in [0.15, 0.2) is 0 Å². The number of hydrogen-bond acceptors (Lipinski definition) is 3. The van der Waals surface area contributed by atoms with E-state index in [2.05, 4.69) is 19.9 Å². The Morgan fingerprint density at radius 3 is 2.93 bits per heavy atom. The molecule has 1 aliphatic rings. The Morgan fingerprint density at radius 1 is 1.60 bits per heavy atom. The second-order valence-electron chi connectivity index (χ2n) is 5.00. The van der Waals surface area contributed by atoms with Crippen LogP contribution in [0.5, 0.6) is 0 Å². The molecule has 0 aromatic heterocycles. The predicted octanol–water partition coefficient (Wildman–Crippen LogP) is 2.79. The number of nitrogens with zero attached hydrogens (tertiary/aromatic N) is 1. The van der Waals surface area contributed by atoms with Crippen LogP contribution in [0.15, 0.2) is 0 Å². The van der Waals surface area contributed by atoms with Crippen LogP contribution in [-0.2, 0) is 0 Å². The van der Waals surface area contributed by atoms with Crippen molar-refractivity contribution < 1.29 is 0 Å². The van der Waals surface area contributed by atoms with Crippen molar-refractivity contribution in [3.8, 4) is 6.07 Å². The van der Waals surface area contributed by atoms with Gasteiger partial charge in [0.1, 0.15) is 5.54 Å². The van der Waals surface area contributed by atoms with Crippen molar-refractivity contribution in [1.29, 1.82) is 5.26 Å². The van der Waals surface area contributed by atoms with Gasteiger partial charge in [0.05, 0.1) is 6.07 Å². The van der Waals surface area contributed by atoms with Crippen molar-refractivity contribution in [2.75, 3.05) is 11.5 Å². The van der Waals surface area contributed by atoms with Crippen LogP contribution in [0.25, 0.3) is 0 Å². The molecule has 0 amide bonds. The Morgan fingerprint density at radius 2 is 2.33 bits per heavy atom. The molecule has 3 heteroatoms. The third-order valence-electron chi connectivity index (χ3n) is 3.14. The van der Waals surface area contributed by atoms with Gasteiger partial charge in [0.25, 0.3) is 0 Å². The van der Waals surface area contributed by atoms with Crippen LogP contribution >= 0.6 is 11.8 Å². The summed E-state index contributed by atoms with van der Waals surface area (Å²) in [6.07, 6.45) is 4.28. The zero-order chi connectivity index (χ0) is 11.3. The molecule has 0 saturated heterocycles. The maximum absolute atomic E-state index is 9.06. The molecule has 0 radical (unpaired) electrons. The highest BCUT2D eigenvalue weighted by molar-refractivity contribution is 7.99. The van der Waals surface area contributed by atoms with Crippen LogP contribution < -0.4 is 5.73 Å². The first-order valence-corrected chi connectivity index (χ1v) is 7.02. The van der Waals surface area contributed by atoms with Crippen molar-refractivity contribution in [3.63, 3.8) is 0 Å². The summed E-state index contributed by atoms with van der Waals surface area (Å²) in [6, 6.07) is 2.31. The number of rotatable bonds is 5. The minimum Gasteiger partial charge on any atom is -0.313 e. The zero-order valence-electron chi connectivity index (χ0n) is 9.83. The van der Waals surface area contributed by atoms with Crippen LogP contribution in [0.3, 0.4) is 0 Å². The van der Waals surface area contributed by atoms with Crippen molar-refractivity contribution in [1.82, 2.24) is 0 Å². The third kappa shape index (κ3) is 3.70. The standard InChI is InChI=1S/C12H22N2S/c1-10(2)8-15-7-5-11-4-3-6-12(11,14)9-13/h10-11H,3-8,14H2,1-2H3. The maximum Gasteiger partial charge on any atom is 0.107 e. The molecule has 86 valence electrons. The van der Waals surface area contributed by atoms with E-state index >= 15 is 0 Å². The van der Waals surface area contributed by atoms with E-state index in [0.717, 1.165) is 37.4 Å². The Hall–Kier alpha value is -0.200. The quantitative estimate of drug-likeness (QED) is 0.733. The fraction of sp³-hybridized carbons (Fsp3) is 0.917. The van der Waals surface area contributed by atoms with E-state index in [9.17, 15) is 0 Å². The average molecular weight is 226 g/mol. The van der Waals surface area contributed by atoms with E-state index in [-0.39, 0.29) is 0 Å². The molecule has 0 heterocycles. The fourth-order valence-corrected chi connectivity index (χ4v) is 3.29. The molecular formula is C12H22N2S. The van der Waals surface area contributed by atoms with Gasteiger partial charge in [-0.3, -0.25) is 0 Å². The number of nitriles is 1. The third-order valence-corrected chi connectivity index (χ3v) is 4.57. The molecule has 0 aromatic rings. The van der Waals surface area contributed by atoms with Gasteiger partial charge < -0.3 is 5.73 Å². The van der Waals surface area contributed by atoms with Gasteiger partial charge in [0.2, 0.25) is 0 Å². The molecule has 1 fully saturated rings. The van der Waals surface area contributed by atoms with Crippen LogP contribution in [0.1, 0.15) is 39.5 Å². The van der Waals surface area contributed by atoms with Gasteiger partial charge in [-0.1, -0.05) is 20.3 Å². The summed E-state index contributed by atoms with van der Waals surface area (Å²) >= 11 is 1.99. The van der Waals surface area contributed by atoms with Gasteiger partial charge in [0, 0.05) is 0 Å². The second-order valence-corrected chi connectivity index (χ2v) is 6.15. The first kappa shape index (κ1) is 12.9. The Balaban J connectivity index is 2.24. The molecule has 0 bridgehead atoms. The monoisotopic (exact) mass is 226 g/mol. The maximum atomic E-state index is 9.06. The molecule has 1 aliphatic carbocycles. The van der Waals surface area contributed by atoms with Crippen LogP contribution in [0, 0.1) is 23.2 Å². The van der Waals surface area contributed by atoms with Crippen molar-refractivity contribution >= 4 is 11.8 Å². The van der Waals surface area contributed by atoms with Gasteiger partial charge >= 0.3 is 0 Å². The molecular weight excluding hydrogens is 204 g/mol. The van der Waals surface area contributed by atoms with Gasteiger partial charge in [-0.25, -0.2) is 0 Å². The highest BCUT2D eigenvalue weighted by Crippen LogP contribution is 2.36. The molecule has 15 heavy (non-hydrogen) atoms. The molecule has 2 unspecified atom stereocenters. The Kier molecular flexibility index (Phi) is 4.95. The summed E-state index contributed by atoms with van der Waals surface area (Å²) in [6.45, 7) is 4.48. The van der Waals surface area contributed by atoms with E-state index in [1.54, 1.807) is 0 Å². The Labute approximate surface area is 97.6 Å². The number of nitrogens with two attached hydrogens (primary N) is 1. The lowest BCUT2D eigenvalue weighted by molar-refractivity contribution is 0.389. The summed E-state index contributed by atoms with van der Waals surface area (Å²) < 4.78 is 0. The summed E-state index contributed by atoms with van der Waals surface area (Å²) in [4.78, 5) is 0. The lowest BCUT2D eigenvalue weighted by Gasteiger charge is -2.23. The van der Waals surface area contributed by atoms with Gasteiger partial charge in [-0.2, -0.15) is 17.0 Å². The van der Waals surface area contributed by atoms with Gasteiger partial charge in [-0.05, 0) is 42.6 Å². The minimum atomic E-state index is -0.515. The van der Waals surface area contributed by atoms with E-state index in [1.807, 2.05) is 11.8 Å². The average Bonchev–Trinajstić information content (AvgIpc) is 2.56. The molecule has 2 atom stereocenters. The molecule has 0 aliphatic heterocycles. The highest BCUT2D eigenvalue weighted by atomic mass is 32.2. The SMILES string of the molecule is CC(C)CSCCC1CCCC1(N)C#N. The molecule has 0 spiro atoms. The van der Waals surface area contributed by atoms with E-state index in [1.165, 1.54) is 5.75 Å². The first-order valence-electron chi connectivity index (χ1n) is 5.86. The lowest BCUT2D eigenvalue weighted by Crippen LogP contribution is -2.41. The highest BCUT2D eigenvalue weighted by Gasteiger charge is 2.39. The summed E-state index contributed by atoms with van der Waals surface area (Å²) in [5, 5.41) is 9.06. The number of hydrogen-bond donors (Lipinski definition) is 1. The Bertz CT molecular complexity index is 234. The smallest absolute Gasteiger partial charge is 0.107 e. The summed E-state index contributed by atoms with van der Waals surface area (Å²) in [5.74, 6) is 3.57. The normalized spacial score (nSPS) is 30.7. The molecule has 2 N–H and O–H groups in total. The van der Waals surface area contributed by atoms with E-state index in [0.29, 0.717) is 5.92 Å². The van der Waals surface area contributed by atoms with Crippen molar-refractivity contribution in [2.24, 2.45) is 17.6 Å². The topological polar surface area (TPSA) is 49.8 Å². The molecule has 0 aromatic carbocycles. The summed E-state index contributed by atoms with van der Waals surface area (Å²) in [5.41, 5.74) is 5.56. The predicted molar refractivity (Wildman–Crippen MR) is 66.7 cm³/mol. The summed E-state index contributed by atoms with van der Waals surface area (Å²) in [7, 11) is 0. The van der Waals surface area contributed by atoms with Crippen LogP contribution in [0.2, 0.25) is 0 Å². The zero-order valence-corrected chi connectivity index (χ0v) is 10.6. The largest absolute Gasteiger partial charge is 0.313 e. The lowest BCUT2D eigenvalue weighted by atomic mass is 9.88. The molecule has 2 nitrogen and oxygen atoms in total. The van der Waals surface area contributed by atoms with Crippen LogP contribution in [0.4, 0.5) is 0 Å². The number of thioether (sulfide) groups is 1. The fourth-order valence-electron chi connectivity index (χ4n) is 2.20. The van der Waals surface area contributed by atoms with Crippen molar-refractivity contribution in [2.45, 2.75) is 45.1 Å².